The number of carbonyl (C=O) groups excluding carboxylic acids is 1. The maximum Gasteiger partial charge on any atom is 0.169 e. The lowest BCUT2D eigenvalue weighted by atomic mass is 9.96. The van der Waals surface area contributed by atoms with Crippen molar-refractivity contribution in [1.29, 1.82) is 0 Å². The number of Topliss-reactive ketones (excluding diaryl/α,β-unsaturated/α-hetero) is 1. The molecule has 0 atom stereocenters. The van der Waals surface area contributed by atoms with Crippen molar-refractivity contribution < 1.29 is 9.53 Å². The summed E-state index contributed by atoms with van der Waals surface area (Å²) in [7, 11) is 0. The van der Waals surface area contributed by atoms with Gasteiger partial charge in [0.15, 0.2) is 5.78 Å². The third kappa shape index (κ3) is 2.99. The van der Waals surface area contributed by atoms with Crippen LogP contribution in [-0.2, 0) is 6.42 Å². The first kappa shape index (κ1) is 12.7. The van der Waals surface area contributed by atoms with Gasteiger partial charge in [0.25, 0.3) is 0 Å². The first-order chi connectivity index (χ1) is 9.33. The number of ketones is 1. The second kappa shape index (κ2) is 5.77. The molecule has 1 aromatic rings. The Morgan fingerprint density at radius 1 is 1.21 bits per heavy atom. The van der Waals surface area contributed by atoms with Crippen molar-refractivity contribution in [3.8, 4) is 5.75 Å². The Balaban J connectivity index is 1.57. The number of hydrogen-bond donors (Lipinski definition) is 0. The van der Waals surface area contributed by atoms with E-state index in [2.05, 4.69) is 12.1 Å². The minimum Gasteiger partial charge on any atom is -0.492 e. The molecule has 3 rings (SSSR count). The fourth-order valence-corrected chi connectivity index (χ4v) is 3.35. The van der Waals surface area contributed by atoms with Gasteiger partial charge in [-0.1, -0.05) is 38.2 Å². The molecular weight excluding hydrogens is 236 g/mol. The summed E-state index contributed by atoms with van der Waals surface area (Å²) in [5, 5.41) is 0. The van der Waals surface area contributed by atoms with Crippen LogP contribution in [0, 0.1) is 5.92 Å². The lowest BCUT2D eigenvalue weighted by Crippen LogP contribution is -2.15. The van der Waals surface area contributed by atoms with Crippen LogP contribution in [0.2, 0.25) is 0 Å². The van der Waals surface area contributed by atoms with Gasteiger partial charge in [-0.05, 0) is 36.5 Å². The molecular formula is C17H22O2. The predicted molar refractivity (Wildman–Crippen MR) is 75.8 cm³/mol. The smallest absolute Gasteiger partial charge is 0.169 e. The highest BCUT2D eigenvalue weighted by Gasteiger charge is 2.18. The molecule has 0 radical (unpaired) electrons. The van der Waals surface area contributed by atoms with Crippen molar-refractivity contribution in [3.63, 3.8) is 0 Å². The van der Waals surface area contributed by atoms with Gasteiger partial charge in [-0.3, -0.25) is 4.79 Å². The molecule has 1 fully saturated rings. The van der Waals surface area contributed by atoms with E-state index in [1.165, 1.54) is 44.1 Å². The van der Waals surface area contributed by atoms with Gasteiger partial charge in [-0.2, -0.15) is 0 Å². The molecule has 0 unspecified atom stereocenters. The predicted octanol–water partition coefficient (Wildman–Crippen LogP) is 4.16. The van der Waals surface area contributed by atoms with Crippen LogP contribution in [0.15, 0.2) is 18.2 Å². The van der Waals surface area contributed by atoms with E-state index in [1.54, 1.807) is 0 Å². The normalized spacial score (nSPS) is 19.3. The van der Waals surface area contributed by atoms with E-state index in [4.69, 9.17) is 4.74 Å². The van der Waals surface area contributed by atoms with E-state index < -0.39 is 0 Å². The van der Waals surface area contributed by atoms with Gasteiger partial charge in [0.1, 0.15) is 5.75 Å². The summed E-state index contributed by atoms with van der Waals surface area (Å²) >= 11 is 0. The van der Waals surface area contributed by atoms with Crippen LogP contribution >= 0.6 is 0 Å². The van der Waals surface area contributed by atoms with Crippen molar-refractivity contribution in [3.05, 3.63) is 29.3 Å². The molecule has 0 amide bonds. The van der Waals surface area contributed by atoms with E-state index in [-0.39, 0.29) is 5.78 Å². The van der Waals surface area contributed by atoms with Gasteiger partial charge in [0.05, 0.1) is 12.2 Å². The molecule has 19 heavy (non-hydrogen) atoms. The van der Waals surface area contributed by atoms with Crippen molar-refractivity contribution in [1.82, 2.24) is 0 Å². The molecule has 0 bridgehead atoms. The molecule has 1 aromatic carbocycles. The van der Waals surface area contributed by atoms with Crippen LogP contribution in [0.1, 0.15) is 60.9 Å². The minimum atomic E-state index is 0.221. The first-order valence-corrected chi connectivity index (χ1v) is 7.62. The van der Waals surface area contributed by atoms with Crippen LogP contribution in [-0.4, -0.2) is 12.4 Å². The van der Waals surface area contributed by atoms with Crippen LogP contribution < -0.4 is 4.74 Å². The lowest BCUT2D eigenvalue weighted by Gasteiger charge is -2.17. The standard InChI is InChI=1S/C17H22O2/c18-16-10-11-19-17-12-14(8-9-15(16)17)7-3-6-13-4-1-2-5-13/h8-9,12-13H,1-7,10-11H2. The molecule has 0 saturated heterocycles. The molecule has 1 saturated carbocycles. The number of carbonyl (C=O) groups is 1. The van der Waals surface area contributed by atoms with Crippen molar-refractivity contribution in [2.45, 2.75) is 51.4 Å². The highest BCUT2D eigenvalue weighted by Crippen LogP contribution is 2.30. The molecule has 1 heterocycles. The average Bonchev–Trinajstić information content (AvgIpc) is 2.92. The fourth-order valence-electron chi connectivity index (χ4n) is 3.35. The number of rotatable bonds is 4. The summed E-state index contributed by atoms with van der Waals surface area (Å²) in [5.41, 5.74) is 2.08. The van der Waals surface area contributed by atoms with E-state index in [9.17, 15) is 4.79 Å². The van der Waals surface area contributed by atoms with Crippen LogP contribution in [0.25, 0.3) is 0 Å². The number of hydrogen-bond acceptors (Lipinski definition) is 2. The second-order valence-electron chi connectivity index (χ2n) is 5.89. The molecule has 0 aromatic heterocycles. The number of fused-ring (bicyclic) bond motifs is 1. The number of benzene rings is 1. The molecule has 102 valence electrons. The van der Waals surface area contributed by atoms with Gasteiger partial charge in [-0.25, -0.2) is 0 Å². The topological polar surface area (TPSA) is 26.3 Å². The fraction of sp³-hybridized carbons (Fsp3) is 0.588. The summed E-state index contributed by atoms with van der Waals surface area (Å²) in [5.74, 6) is 1.99. The van der Waals surface area contributed by atoms with Gasteiger partial charge < -0.3 is 4.74 Å². The maximum atomic E-state index is 11.7. The Kier molecular flexibility index (Phi) is 3.86. The Labute approximate surface area is 115 Å². The van der Waals surface area contributed by atoms with Crippen molar-refractivity contribution >= 4 is 5.78 Å². The zero-order chi connectivity index (χ0) is 13.1. The second-order valence-corrected chi connectivity index (χ2v) is 5.89. The van der Waals surface area contributed by atoms with E-state index in [1.807, 2.05) is 6.07 Å². The molecule has 2 heteroatoms. The third-order valence-electron chi connectivity index (χ3n) is 4.49. The van der Waals surface area contributed by atoms with E-state index >= 15 is 0 Å². The summed E-state index contributed by atoms with van der Waals surface area (Å²) in [4.78, 5) is 11.7. The molecule has 2 nitrogen and oxygen atoms in total. The Hall–Kier alpha value is -1.31. The molecule has 2 aliphatic rings. The number of aryl methyl sites for hydroxylation is 1. The SMILES string of the molecule is O=C1CCOc2cc(CCCC3CCCC3)ccc21. The summed E-state index contributed by atoms with van der Waals surface area (Å²) in [6, 6.07) is 6.11. The minimum absolute atomic E-state index is 0.221. The van der Waals surface area contributed by atoms with Gasteiger partial charge >= 0.3 is 0 Å². The molecule has 0 spiro atoms. The largest absolute Gasteiger partial charge is 0.492 e. The van der Waals surface area contributed by atoms with E-state index in [0.717, 1.165) is 23.7 Å². The first-order valence-electron chi connectivity index (χ1n) is 7.62. The maximum absolute atomic E-state index is 11.7. The van der Waals surface area contributed by atoms with Gasteiger partial charge in [-0.15, -0.1) is 0 Å². The Bertz CT molecular complexity index is 458. The van der Waals surface area contributed by atoms with Gasteiger partial charge in [0.2, 0.25) is 0 Å². The zero-order valence-corrected chi connectivity index (χ0v) is 11.5. The highest BCUT2D eigenvalue weighted by molar-refractivity contribution is 5.99. The molecule has 0 N–H and O–H groups in total. The zero-order valence-electron chi connectivity index (χ0n) is 11.5. The Morgan fingerprint density at radius 2 is 2.05 bits per heavy atom. The molecule has 1 aliphatic heterocycles. The summed E-state index contributed by atoms with van der Waals surface area (Å²) < 4.78 is 5.59. The van der Waals surface area contributed by atoms with Crippen molar-refractivity contribution in [2.75, 3.05) is 6.61 Å². The lowest BCUT2D eigenvalue weighted by molar-refractivity contribution is 0.0933. The monoisotopic (exact) mass is 258 g/mol. The summed E-state index contributed by atoms with van der Waals surface area (Å²) in [6.07, 6.45) is 9.98. The number of ether oxygens (including phenoxy) is 1. The quantitative estimate of drug-likeness (QED) is 0.810. The van der Waals surface area contributed by atoms with Gasteiger partial charge in [0, 0.05) is 6.42 Å². The average molecular weight is 258 g/mol. The van der Waals surface area contributed by atoms with Crippen LogP contribution in [0.3, 0.4) is 0 Å². The summed E-state index contributed by atoms with van der Waals surface area (Å²) in [6.45, 7) is 0.539. The third-order valence-corrected chi connectivity index (χ3v) is 4.49. The van der Waals surface area contributed by atoms with Crippen molar-refractivity contribution in [2.24, 2.45) is 5.92 Å². The van der Waals surface area contributed by atoms with Crippen LogP contribution in [0.5, 0.6) is 5.75 Å². The van der Waals surface area contributed by atoms with Crippen LogP contribution in [0.4, 0.5) is 0 Å². The highest BCUT2D eigenvalue weighted by atomic mass is 16.5. The Morgan fingerprint density at radius 3 is 2.89 bits per heavy atom. The molecule has 1 aliphatic carbocycles. The van der Waals surface area contributed by atoms with E-state index in [0.29, 0.717) is 13.0 Å².